The van der Waals surface area contributed by atoms with Gasteiger partial charge in [0.1, 0.15) is 0 Å². The lowest BCUT2D eigenvalue weighted by Crippen LogP contribution is -2.31. The molecule has 1 aliphatic heterocycles. The predicted octanol–water partition coefficient (Wildman–Crippen LogP) is 8.11. The van der Waals surface area contributed by atoms with Crippen LogP contribution in [0.4, 0.5) is 0 Å². The number of para-hydroxylation sites is 1. The third-order valence-corrected chi connectivity index (χ3v) is 11.0. The number of hydrogen-bond acceptors (Lipinski definition) is 8. The fourth-order valence-electron chi connectivity index (χ4n) is 6.01. The molecule has 4 aromatic carbocycles. The molecule has 1 aliphatic rings. The molecule has 0 radical (unpaired) electrons. The number of benzene rings is 4. The Morgan fingerprint density at radius 1 is 0.880 bits per heavy atom. The van der Waals surface area contributed by atoms with E-state index in [4.69, 9.17) is 14.5 Å². The summed E-state index contributed by atoms with van der Waals surface area (Å²) in [6.07, 6.45) is 2.95. The molecular weight excluding hydrogens is 667 g/mol. The second-order valence-electron chi connectivity index (χ2n) is 12.5. The van der Waals surface area contributed by atoms with Crippen molar-refractivity contribution in [1.29, 1.82) is 0 Å². The van der Waals surface area contributed by atoms with Crippen LogP contribution in [0.1, 0.15) is 73.7 Å². The van der Waals surface area contributed by atoms with Gasteiger partial charge in [0.25, 0.3) is 0 Å². The van der Waals surface area contributed by atoms with Crippen molar-refractivity contribution in [3.8, 4) is 11.1 Å². The van der Waals surface area contributed by atoms with Gasteiger partial charge in [-0.1, -0.05) is 103 Å². The van der Waals surface area contributed by atoms with E-state index in [0.717, 1.165) is 68.3 Å². The van der Waals surface area contributed by atoms with E-state index in [9.17, 15) is 14.7 Å². The first-order valence-electron chi connectivity index (χ1n) is 17.1. The van der Waals surface area contributed by atoms with Crippen molar-refractivity contribution in [2.45, 2.75) is 75.0 Å². The number of hydrogen-bond donors (Lipinski definition) is 3. The number of unbranched alkanes of at least 4 members (excludes halogenated alkanes) is 2. The Morgan fingerprint density at radius 3 is 2.42 bits per heavy atom. The molecule has 10 heteroatoms. The monoisotopic (exact) mass is 709 g/mol. The molecule has 0 saturated carbocycles. The summed E-state index contributed by atoms with van der Waals surface area (Å²) < 4.78 is 15.4. The number of thioether (sulfide) groups is 1. The molecule has 1 fully saturated rings. The summed E-state index contributed by atoms with van der Waals surface area (Å²) in [5.74, 6) is 0.749. The lowest BCUT2D eigenvalue weighted by atomic mass is 9.97. The van der Waals surface area contributed by atoms with E-state index in [-0.39, 0.29) is 30.6 Å². The van der Waals surface area contributed by atoms with E-state index < -0.39 is 6.29 Å². The molecule has 50 heavy (non-hydrogen) atoms. The van der Waals surface area contributed by atoms with Gasteiger partial charge in [0.2, 0.25) is 11.8 Å². The van der Waals surface area contributed by atoms with E-state index in [1.807, 2.05) is 60.7 Å². The summed E-state index contributed by atoms with van der Waals surface area (Å²) in [6, 6.07) is 32.6. The normalized spacial score (nSPS) is 17.4. The molecule has 3 N–H and O–H groups in total. The van der Waals surface area contributed by atoms with Crippen LogP contribution in [0, 0.1) is 0 Å². The summed E-state index contributed by atoms with van der Waals surface area (Å²) in [5.41, 5.74) is 7.03. The van der Waals surface area contributed by atoms with E-state index in [1.165, 1.54) is 11.6 Å². The highest BCUT2D eigenvalue weighted by Crippen LogP contribution is 2.40. The van der Waals surface area contributed by atoms with Crippen LogP contribution in [0.5, 0.6) is 0 Å². The van der Waals surface area contributed by atoms with Crippen molar-refractivity contribution in [3.05, 3.63) is 119 Å². The standard InChI is InChI=1S/C40H43N3O5S2/c1-27(45)41-22-8-2-3-13-38(46)42-24-32-9-4-5-10-34(32)29-18-20-31(21-19-29)39-47-33(23-36(48-39)30-16-14-28(25-44)15-17-30)26-49-40-43-35-11-6-7-12-37(35)50-40/h4-7,9-12,14-21,33,36,39,44H,2-3,8,13,22-26H2,1H3,(H,41,45)(H,42,46). The largest absolute Gasteiger partial charge is 0.392 e. The Kier molecular flexibility index (Phi) is 12.7. The zero-order valence-electron chi connectivity index (χ0n) is 28.2. The van der Waals surface area contributed by atoms with Crippen LogP contribution < -0.4 is 10.6 Å². The lowest BCUT2D eigenvalue weighted by molar-refractivity contribution is -0.245. The van der Waals surface area contributed by atoms with E-state index in [2.05, 4.69) is 47.0 Å². The van der Waals surface area contributed by atoms with Gasteiger partial charge in [0.15, 0.2) is 10.6 Å². The number of carbonyl (C=O) groups excluding carboxylic acids is 2. The Labute approximate surface area is 301 Å². The number of aliphatic hydroxyl groups is 1. The van der Waals surface area contributed by atoms with Crippen LogP contribution in [0.3, 0.4) is 0 Å². The average Bonchev–Trinajstić information content (AvgIpc) is 3.58. The van der Waals surface area contributed by atoms with Crippen LogP contribution >= 0.6 is 23.1 Å². The molecule has 2 amide bonds. The van der Waals surface area contributed by atoms with Crippen molar-refractivity contribution in [3.63, 3.8) is 0 Å². The minimum absolute atomic E-state index is 0.00292. The smallest absolute Gasteiger partial charge is 0.220 e. The Morgan fingerprint density at radius 2 is 1.64 bits per heavy atom. The molecule has 1 saturated heterocycles. The number of thiazole rings is 1. The van der Waals surface area contributed by atoms with Crippen molar-refractivity contribution in [2.75, 3.05) is 12.3 Å². The summed E-state index contributed by atoms with van der Waals surface area (Å²) in [6.45, 7) is 2.61. The molecule has 0 aliphatic carbocycles. The molecule has 1 aromatic heterocycles. The number of carbonyl (C=O) groups is 2. The summed E-state index contributed by atoms with van der Waals surface area (Å²) in [4.78, 5) is 28.4. The molecular formula is C40H43N3O5S2. The predicted molar refractivity (Wildman–Crippen MR) is 200 cm³/mol. The molecule has 2 heterocycles. The van der Waals surface area contributed by atoms with Crippen LogP contribution in [0.25, 0.3) is 21.3 Å². The van der Waals surface area contributed by atoms with Gasteiger partial charge in [-0.15, -0.1) is 11.3 Å². The maximum atomic E-state index is 12.6. The second-order valence-corrected chi connectivity index (χ2v) is 14.8. The van der Waals surface area contributed by atoms with Crippen molar-refractivity contribution < 1.29 is 24.2 Å². The summed E-state index contributed by atoms with van der Waals surface area (Å²) >= 11 is 3.42. The molecule has 0 bridgehead atoms. The first-order valence-corrected chi connectivity index (χ1v) is 18.9. The summed E-state index contributed by atoms with van der Waals surface area (Å²) in [7, 11) is 0. The first kappa shape index (κ1) is 35.8. The quantitative estimate of drug-likeness (QED) is 0.0745. The van der Waals surface area contributed by atoms with Crippen LogP contribution in [0.2, 0.25) is 0 Å². The Balaban J connectivity index is 1.11. The zero-order valence-corrected chi connectivity index (χ0v) is 29.8. The van der Waals surface area contributed by atoms with Gasteiger partial charge in [0.05, 0.1) is 29.0 Å². The highest BCUT2D eigenvalue weighted by Gasteiger charge is 2.32. The minimum Gasteiger partial charge on any atom is -0.392 e. The number of fused-ring (bicyclic) bond motifs is 1. The highest BCUT2D eigenvalue weighted by molar-refractivity contribution is 8.01. The molecule has 5 aromatic rings. The molecule has 3 atom stereocenters. The van der Waals surface area contributed by atoms with Crippen LogP contribution in [-0.4, -0.2) is 40.3 Å². The third kappa shape index (κ3) is 9.80. The van der Waals surface area contributed by atoms with Gasteiger partial charge < -0.3 is 25.2 Å². The number of nitrogens with one attached hydrogen (secondary N) is 2. The number of aromatic nitrogens is 1. The highest BCUT2D eigenvalue weighted by atomic mass is 32.2. The second kappa shape index (κ2) is 17.7. The van der Waals surface area contributed by atoms with Gasteiger partial charge in [-0.3, -0.25) is 9.59 Å². The number of amides is 2. The van der Waals surface area contributed by atoms with Gasteiger partial charge in [-0.25, -0.2) is 4.98 Å². The third-order valence-electron chi connectivity index (χ3n) is 8.72. The van der Waals surface area contributed by atoms with E-state index >= 15 is 0 Å². The maximum absolute atomic E-state index is 12.6. The van der Waals surface area contributed by atoms with Crippen molar-refractivity contribution >= 4 is 45.1 Å². The van der Waals surface area contributed by atoms with Gasteiger partial charge in [-0.05, 0) is 52.8 Å². The topological polar surface area (TPSA) is 110 Å². The Bertz CT molecular complexity index is 1830. The minimum atomic E-state index is -0.547. The zero-order chi connectivity index (χ0) is 34.7. The first-order chi connectivity index (χ1) is 24.4. The lowest BCUT2D eigenvalue weighted by Gasteiger charge is -2.36. The fraction of sp³-hybridized carbons (Fsp3) is 0.325. The molecule has 6 rings (SSSR count). The van der Waals surface area contributed by atoms with Crippen molar-refractivity contribution in [1.82, 2.24) is 15.6 Å². The maximum Gasteiger partial charge on any atom is 0.220 e. The van der Waals surface area contributed by atoms with Gasteiger partial charge in [-0.2, -0.15) is 0 Å². The fourth-order valence-corrected chi connectivity index (χ4v) is 8.12. The number of rotatable bonds is 15. The number of ether oxygens (including phenoxy) is 2. The van der Waals surface area contributed by atoms with Gasteiger partial charge >= 0.3 is 0 Å². The molecule has 0 spiro atoms. The van der Waals surface area contributed by atoms with E-state index in [1.54, 1.807) is 23.1 Å². The SMILES string of the molecule is CC(=O)NCCCCCC(=O)NCc1ccccc1-c1ccc(C2OC(CSc3nc4ccccc4s3)CC(c3ccc(CO)cc3)O2)cc1. The van der Waals surface area contributed by atoms with E-state index in [0.29, 0.717) is 25.9 Å². The number of aliphatic hydroxyl groups excluding tert-OH is 1. The Hall–Kier alpha value is -4.06. The number of nitrogens with zero attached hydrogens (tertiary/aromatic N) is 1. The van der Waals surface area contributed by atoms with Crippen molar-refractivity contribution in [2.24, 2.45) is 0 Å². The molecule has 260 valence electrons. The van der Waals surface area contributed by atoms with Gasteiger partial charge in [0, 0.05) is 44.2 Å². The summed E-state index contributed by atoms with van der Waals surface area (Å²) in [5, 5.41) is 15.4. The molecule has 8 nitrogen and oxygen atoms in total. The average molecular weight is 710 g/mol. The van der Waals surface area contributed by atoms with Crippen LogP contribution in [0.15, 0.2) is 101 Å². The van der Waals surface area contributed by atoms with Crippen LogP contribution in [-0.2, 0) is 32.2 Å². The molecule has 3 unspecified atom stereocenters.